The molecule has 2 aromatic rings. The second-order valence-electron chi connectivity index (χ2n) is 5.85. The predicted molar refractivity (Wildman–Crippen MR) is 92.8 cm³/mol. The highest BCUT2D eigenvalue weighted by molar-refractivity contribution is 6.28. The average Bonchev–Trinajstić information content (AvgIpc) is 2.51. The van der Waals surface area contributed by atoms with Crippen LogP contribution in [0.4, 0.5) is 0 Å². The van der Waals surface area contributed by atoms with E-state index in [4.69, 9.17) is 16.3 Å². The number of aliphatic hydroxyl groups excluding tert-OH is 1. The van der Waals surface area contributed by atoms with Gasteiger partial charge in [0.25, 0.3) is 0 Å². The van der Waals surface area contributed by atoms with E-state index in [-0.39, 0.29) is 17.5 Å². The minimum atomic E-state index is -0.413. The van der Waals surface area contributed by atoms with Crippen LogP contribution in [0.15, 0.2) is 24.3 Å². The summed E-state index contributed by atoms with van der Waals surface area (Å²) in [5, 5.41) is 9.49. The SMILES string of the molecule is COc1cc(C)cc(C(=O)Cc2cc(CC[C@H](C)O)nc(Cl)n2)c1. The number of ketones is 1. The summed E-state index contributed by atoms with van der Waals surface area (Å²) in [6, 6.07) is 7.17. The minimum Gasteiger partial charge on any atom is -0.497 e. The van der Waals surface area contributed by atoms with Gasteiger partial charge in [0, 0.05) is 11.3 Å². The second kappa shape index (κ2) is 8.22. The first kappa shape index (κ1) is 18.4. The second-order valence-corrected chi connectivity index (χ2v) is 6.18. The molecule has 0 aliphatic heterocycles. The number of methoxy groups -OCH3 is 1. The highest BCUT2D eigenvalue weighted by Crippen LogP contribution is 2.18. The lowest BCUT2D eigenvalue weighted by Crippen LogP contribution is -2.09. The van der Waals surface area contributed by atoms with Crippen LogP contribution < -0.4 is 4.74 Å². The number of carbonyl (C=O) groups excluding carboxylic acids is 1. The van der Waals surface area contributed by atoms with Crippen molar-refractivity contribution in [2.75, 3.05) is 7.11 Å². The highest BCUT2D eigenvalue weighted by atomic mass is 35.5. The van der Waals surface area contributed by atoms with Crippen LogP contribution in [0.3, 0.4) is 0 Å². The fourth-order valence-corrected chi connectivity index (χ4v) is 2.60. The third-order valence-corrected chi connectivity index (χ3v) is 3.74. The maximum Gasteiger partial charge on any atom is 0.222 e. The average molecular weight is 349 g/mol. The molecule has 0 saturated carbocycles. The number of rotatable bonds is 7. The molecule has 2 rings (SSSR count). The number of hydrogen-bond acceptors (Lipinski definition) is 5. The molecular formula is C18H21ClN2O3. The zero-order valence-electron chi connectivity index (χ0n) is 14.0. The first-order valence-electron chi connectivity index (χ1n) is 7.76. The molecular weight excluding hydrogens is 328 g/mol. The molecule has 0 aliphatic carbocycles. The van der Waals surface area contributed by atoms with Gasteiger partial charge in [-0.05, 0) is 68.1 Å². The van der Waals surface area contributed by atoms with Crippen molar-refractivity contribution in [3.63, 3.8) is 0 Å². The summed E-state index contributed by atoms with van der Waals surface area (Å²) in [4.78, 5) is 20.8. The van der Waals surface area contributed by atoms with Crippen molar-refractivity contribution in [2.24, 2.45) is 0 Å². The molecule has 128 valence electrons. The van der Waals surface area contributed by atoms with Gasteiger partial charge >= 0.3 is 0 Å². The van der Waals surface area contributed by atoms with Gasteiger partial charge in [-0.15, -0.1) is 0 Å². The molecule has 0 spiro atoms. The number of carbonyl (C=O) groups is 1. The summed E-state index contributed by atoms with van der Waals surface area (Å²) in [6.45, 7) is 3.63. The Bertz CT molecular complexity index is 732. The summed E-state index contributed by atoms with van der Waals surface area (Å²) >= 11 is 5.95. The van der Waals surface area contributed by atoms with Gasteiger partial charge in [0.2, 0.25) is 5.28 Å². The van der Waals surface area contributed by atoms with Crippen molar-refractivity contribution >= 4 is 17.4 Å². The number of nitrogens with zero attached hydrogens (tertiary/aromatic N) is 2. The molecule has 1 heterocycles. The smallest absolute Gasteiger partial charge is 0.222 e. The molecule has 5 nitrogen and oxygen atoms in total. The molecule has 1 aromatic heterocycles. The number of aromatic nitrogens is 2. The summed E-state index contributed by atoms with van der Waals surface area (Å²) in [6.07, 6.45) is 0.884. The van der Waals surface area contributed by atoms with Crippen molar-refractivity contribution in [3.8, 4) is 5.75 Å². The van der Waals surface area contributed by atoms with Gasteiger partial charge in [-0.25, -0.2) is 9.97 Å². The molecule has 0 saturated heterocycles. The van der Waals surface area contributed by atoms with E-state index in [0.717, 1.165) is 11.3 Å². The summed E-state index contributed by atoms with van der Waals surface area (Å²) in [5.41, 5.74) is 2.82. The molecule has 0 unspecified atom stereocenters. The van der Waals surface area contributed by atoms with E-state index < -0.39 is 6.10 Å². The molecule has 0 amide bonds. The van der Waals surface area contributed by atoms with Crippen LogP contribution in [-0.4, -0.2) is 34.1 Å². The molecule has 1 atom stereocenters. The third-order valence-electron chi connectivity index (χ3n) is 3.57. The molecule has 0 fully saturated rings. The number of benzene rings is 1. The van der Waals surface area contributed by atoms with E-state index in [9.17, 15) is 9.90 Å². The fourth-order valence-electron chi connectivity index (χ4n) is 2.39. The number of halogens is 1. The third kappa shape index (κ3) is 5.28. The van der Waals surface area contributed by atoms with Gasteiger partial charge in [0.05, 0.1) is 25.3 Å². The summed E-state index contributed by atoms with van der Waals surface area (Å²) < 4.78 is 5.21. The molecule has 24 heavy (non-hydrogen) atoms. The van der Waals surface area contributed by atoms with Gasteiger partial charge in [0.1, 0.15) is 5.75 Å². The Morgan fingerprint density at radius 3 is 2.62 bits per heavy atom. The Morgan fingerprint density at radius 2 is 1.96 bits per heavy atom. The van der Waals surface area contributed by atoms with E-state index in [1.807, 2.05) is 19.1 Å². The van der Waals surface area contributed by atoms with E-state index in [1.165, 1.54) is 0 Å². The minimum absolute atomic E-state index is 0.0618. The van der Waals surface area contributed by atoms with Crippen molar-refractivity contribution in [1.29, 1.82) is 0 Å². The van der Waals surface area contributed by atoms with E-state index in [1.54, 1.807) is 26.2 Å². The number of aliphatic hydroxyl groups is 1. The number of hydrogen-bond donors (Lipinski definition) is 1. The fraction of sp³-hybridized carbons (Fsp3) is 0.389. The van der Waals surface area contributed by atoms with Crippen molar-refractivity contribution in [2.45, 2.75) is 39.2 Å². The maximum absolute atomic E-state index is 12.5. The van der Waals surface area contributed by atoms with Gasteiger partial charge in [-0.1, -0.05) is 0 Å². The normalized spacial score (nSPS) is 12.0. The summed E-state index contributed by atoms with van der Waals surface area (Å²) in [7, 11) is 1.57. The van der Waals surface area contributed by atoms with Crippen LogP contribution >= 0.6 is 11.6 Å². The van der Waals surface area contributed by atoms with Crippen molar-refractivity contribution in [1.82, 2.24) is 9.97 Å². The Kier molecular flexibility index (Phi) is 6.29. The molecule has 1 aromatic carbocycles. The lowest BCUT2D eigenvalue weighted by Gasteiger charge is -2.08. The van der Waals surface area contributed by atoms with E-state index in [0.29, 0.717) is 29.8 Å². The topological polar surface area (TPSA) is 72.3 Å². The van der Waals surface area contributed by atoms with Gasteiger partial charge in [-0.3, -0.25) is 4.79 Å². The Labute approximate surface area is 146 Å². The predicted octanol–water partition coefficient (Wildman–Crippen LogP) is 3.19. The quantitative estimate of drug-likeness (QED) is 0.614. The monoisotopic (exact) mass is 348 g/mol. The Hall–Kier alpha value is -1.98. The lowest BCUT2D eigenvalue weighted by molar-refractivity contribution is 0.0991. The highest BCUT2D eigenvalue weighted by Gasteiger charge is 2.12. The van der Waals surface area contributed by atoms with Crippen LogP contribution in [0.25, 0.3) is 0 Å². The first-order chi connectivity index (χ1) is 11.4. The molecule has 1 N–H and O–H groups in total. The van der Waals surface area contributed by atoms with Gasteiger partial charge in [0.15, 0.2) is 5.78 Å². The zero-order valence-corrected chi connectivity index (χ0v) is 14.8. The van der Waals surface area contributed by atoms with Crippen molar-refractivity contribution < 1.29 is 14.6 Å². The number of ether oxygens (including phenoxy) is 1. The van der Waals surface area contributed by atoms with Crippen LogP contribution in [0.5, 0.6) is 5.75 Å². The summed E-state index contributed by atoms with van der Waals surface area (Å²) in [5.74, 6) is 0.588. The van der Waals surface area contributed by atoms with Crippen LogP contribution in [-0.2, 0) is 12.8 Å². The van der Waals surface area contributed by atoms with E-state index >= 15 is 0 Å². The molecule has 0 aliphatic rings. The number of Topliss-reactive ketones (excluding diaryl/α,β-unsaturated/α-hetero) is 1. The molecule has 0 bridgehead atoms. The van der Waals surface area contributed by atoms with Gasteiger partial charge in [-0.2, -0.15) is 0 Å². The maximum atomic E-state index is 12.5. The van der Waals surface area contributed by atoms with Crippen LogP contribution in [0.1, 0.15) is 40.7 Å². The largest absolute Gasteiger partial charge is 0.497 e. The molecule has 6 heteroatoms. The first-order valence-corrected chi connectivity index (χ1v) is 8.14. The van der Waals surface area contributed by atoms with Crippen LogP contribution in [0.2, 0.25) is 5.28 Å². The standard InChI is InChI=1S/C18H21ClN2O3/c1-11-6-13(8-16(7-11)24-3)17(23)10-15-9-14(5-4-12(2)22)20-18(19)21-15/h6-9,12,22H,4-5,10H2,1-3H3/t12-/m0/s1. The zero-order chi connectivity index (χ0) is 17.7. The Balaban J connectivity index is 2.18. The number of aryl methyl sites for hydroxylation is 2. The lowest BCUT2D eigenvalue weighted by atomic mass is 10.0. The van der Waals surface area contributed by atoms with E-state index in [2.05, 4.69) is 9.97 Å². The Morgan fingerprint density at radius 1 is 1.25 bits per heavy atom. The molecule has 0 radical (unpaired) electrons. The van der Waals surface area contributed by atoms with Gasteiger partial charge < -0.3 is 9.84 Å². The van der Waals surface area contributed by atoms with Crippen molar-refractivity contribution in [3.05, 3.63) is 52.1 Å². The van der Waals surface area contributed by atoms with Crippen LogP contribution in [0, 0.1) is 6.92 Å².